The van der Waals surface area contributed by atoms with Crippen LogP contribution in [0.2, 0.25) is 5.22 Å². The van der Waals surface area contributed by atoms with Gasteiger partial charge in [-0.3, -0.25) is 4.79 Å². The Morgan fingerprint density at radius 2 is 2.30 bits per heavy atom. The Bertz CT molecular complexity index is 628. The number of carbonyl (C=O) groups is 1. The fraction of sp³-hybridized carbons (Fsp3) is 0.529. The van der Waals surface area contributed by atoms with E-state index in [1.165, 1.54) is 30.6 Å². The van der Waals surface area contributed by atoms with Crippen LogP contribution in [0.5, 0.6) is 0 Å². The van der Waals surface area contributed by atoms with Crippen LogP contribution in [-0.2, 0) is 11.2 Å². The van der Waals surface area contributed by atoms with Crippen LogP contribution >= 0.6 is 22.9 Å². The number of nitrogens with zero attached hydrogens (tertiary/aromatic N) is 1. The highest BCUT2D eigenvalue weighted by atomic mass is 35.5. The van der Waals surface area contributed by atoms with Gasteiger partial charge in [-0.05, 0) is 55.2 Å². The molecule has 1 amide bonds. The number of aryl methyl sites for hydroxylation is 1. The third-order valence-electron chi connectivity index (χ3n) is 4.58. The van der Waals surface area contributed by atoms with Gasteiger partial charge < -0.3 is 9.84 Å². The van der Waals surface area contributed by atoms with Gasteiger partial charge in [0.2, 0.25) is 11.1 Å². The number of nitrogens with one attached hydrogen (secondary N) is 1. The van der Waals surface area contributed by atoms with E-state index in [9.17, 15) is 4.79 Å². The number of amides is 1. The average Bonchev–Trinajstić information content (AvgIpc) is 3.27. The van der Waals surface area contributed by atoms with Crippen molar-refractivity contribution in [3.8, 4) is 0 Å². The molecule has 0 aliphatic heterocycles. The standard InChI is InChI=1S/C17H21ClN2O2S/c1-11-13(17(18)22-20-11)8-9-15(21)19-16(12-5-2-3-6-12)14-7-4-10-23-14/h4,7,10,12,16H,2-3,5-6,8-9H2,1H3,(H,19,21). The van der Waals surface area contributed by atoms with Gasteiger partial charge in [0.15, 0.2) is 0 Å². The highest BCUT2D eigenvalue weighted by Crippen LogP contribution is 2.37. The van der Waals surface area contributed by atoms with Gasteiger partial charge in [0.1, 0.15) is 0 Å². The first kappa shape index (κ1) is 16.5. The quantitative estimate of drug-likeness (QED) is 0.821. The summed E-state index contributed by atoms with van der Waals surface area (Å²) < 4.78 is 4.93. The van der Waals surface area contributed by atoms with Crippen molar-refractivity contribution in [3.63, 3.8) is 0 Å². The third kappa shape index (κ3) is 3.96. The van der Waals surface area contributed by atoms with Crippen LogP contribution in [0.15, 0.2) is 22.0 Å². The van der Waals surface area contributed by atoms with Crippen LogP contribution in [0.25, 0.3) is 0 Å². The van der Waals surface area contributed by atoms with E-state index in [0.29, 0.717) is 24.0 Å². The molecular weight excluding hydrogens is 332 g/mol. The summed E-state index contributed by atoms with van der Waals surface area (Å²) in [5.74, 6) is 0.616. The highest BCUT2D eigenvalue weighted by Gasteiger charge is 2.28. The summed E-state index contributed by atoms with van der Waals surface area (Å²) in [6.45, 7) is 1.84. The molecule has 1 aliphatic rings. The Hall–Kier alpha value is -1.33. The predicted octanol–water partition coefficient (Wildman–Crippen LogP) is 4.68. The topological polar surface area (TPSA) is 55.1 Å². The summed E-state index contributed by atoms with van der Waals surface area (Å²) in [5, 5.41) is 9.43. The summed E-state index contributed by atoms with van der Waals surface area (Å²) in [6.07, 6.45) is 5.87. The molecule has 0 saturated heterocycles. The minimum absolute atomic E-state index is 0.0620. The van der Waals surface area contributed by atoms with Crippen LogP contribution < -0.4 is 5.32 Å². The molecule has 124 valence electrons. The van der Waals surface area contributed by atoms with Gasteiger partial charge in [0.25, 0.3) is 0 Å². The fourth-order valence-electron chi connectivity index (χ4n) is 3.30. The van der Waals surface area contributed by atoms with Gasteiger partial charge in [-0.1, -0.05) is 24.1 Å². The molecule has 1 saturated carbocycles. The Labute approximate surface area is 145 Å². The maximum Gasteiger partial charge on any atom is 0.229 e. The Balaban J connectivity index is 1.62. The number of rotatable bonds is 6. The molecule has 0 bridgehead atoms. The molecule has 0 aromatic carbocycles. The minimum atomic E-state index is 0.0620. The second-order valence-corrected chi connectivity index (χ2v) is 7.45. The highest BCUT2D eigenvalue weighted by molar-refractivity contribution is 7.10. The molecule has 6 heteroatoms. The van der Waals surface area contributed by atoms with Crippen LogP contribution in [0.1, 0.15) is 54.3 Å². The molecule has 1 fully saturated rings. The summed E-state index contributed by atoms with van der Waals surface area (Å²) in [6, 6.07) is 4.31. The molecule has 2 heterocycles. The van der Waals surface area contributed by atoms with Crippen molar-refractivity contribution >= 4 is 28.8 Å². The summed E-state index contributed by atoms with van der Waals surface area (Å²) in [5.41, 5.74) is 1.59. The number of thiophene rings is 1. The first-order chi connectivity index (χ1) is 11.1. The molecule has 1 N–H and O–H groups in total. The van der Waals surface area contributed by atoms with Crippen molar-refractivity contribution in [1.82, 2.24) is 10.5 Å². The van der Waals surface area contributed by atoms with Crippen LogP contribution in [0.4, 0.5) is 0 Å². The van der Waals surface area contributed by atoms with Gasteiger partial charge >= 0.3 is 0 Å². The van der Waals surface area contributed by atoms with Crippen molar-refractivity contribution in [2.75, 3.05) is 0 Å². The van der Waals surface area contributed by atoms with E-state index >= 15 is 0 Å². The Kier molecular flexibility index (Phi) is 5.38. The normalized spacial score (nSPS) is 16.6. The number of carbonyl (C=O) groups excluding carboxylic acids is 1. The van der Waals surface area contributed by atoms with Crippen molar-refractivity contribution < 1.29 is 9.32 Å². The lowest BCUT2D eigenvalue weighted by Gasteiger charge is -2.23. The monoisotopic (exact) mass is 352 g/mol. The molecule has 2 aromatic rings. The molecule has 3 rings (SSSR count). The van der Waals surface area contributed by atoms with E-state index in [1.807, 2.05) is 13.0 Å². The van der Waals surface area contributed by atoms with Crippen LogP contribution in [-0.4, -0.2) is 11.1 Å². The fourth-order valence-corrected chi connectivity index (χ4v) is 4.44. The van der Waals surface area contributed by atoms with E-state index in [1.54, 1.807) is 11.3 Å². The van der Waals surface area contributed by atoms with E-state index < -0.39 is 0 Å². The second kappa shape index (κ2) is 7.49. The first-order valence-corrected chi connectivity index (χ1v) is 9.34. The van der Waals surface area contributed by atoms with Crippen LogP contribution in [0.3, 0.4) is 0 Å². The minimum Gasteiger partial charge on any atom is -0.348 e. The second-order valence-electron chi connectivity index (χ2n) is 6.13. The Morgan fingerprint density at radius 1 is 1.52 bits per heavy atom. The van der Waals surface area contributed by atoms with E-state index in [2.05, 4.69) is 21.9 Å². The molecule has 1 unspecified atom stereocenters. The van der Waals surface area contributed by atoms with Gasteiger partial charge in [0, 0.05) is 16.9 Å². The molecule has 0 spiro atoms. The van der Waals surface area contributed by atoms with E-state index in [-0.39, 0.29) is 11.9 Å². The van der Waals surface area contributed by atoms with Crippen LogP contribution in [0, 0.1) is 12.8 Å². The van der Waals surface area contributed by atoms with E-state index in [0.717, 1.165) is 11.3 Å². The zero-order valence-corrected chi connectivity index (χ0v) is 14.8. The molecule has 0 radical (unpaired) electrons. The van der Waals surface area contributed by atoms with Gasteiger partial charge in [0.05, 0.1) is 11.7 Å². The summed E-state index contributed by atoms with van der Waals surface area (Å²) in [4.78, 5) is 13.7. The third-order valence-corrected chi connectivity index (χ3v) is 5.83. The van der Waals surface area contributed by atoms with Crippen molar-refractivity contribution in [2.45, 2.75) is 51.5 Å². The first-order valence-electron chi connectivity index (χ1n) is 8.08. The van der Waals surface area contributed by atoms with Gasteiger partial charge in [-0.15, -0.1) is 11.3 Å². The molecule has 4 nitrogen and oxygen atoms in total. The SMILES string of the molecule is Cc1noc(Cl)c1CCC(=O)NC(c1cccs1)C1CCCC1. The van der Waals surface area contributed by atoms with Crippen molar-refractivity contribution in [3.05, 3.63) is 38.9 Å². The Morgan fingerprint density at radius 3 is 2.91 bits per heavy atom. The number of hydrogen-bond acceptors (Lipinski definition) is 4. The van der Waals surface area contributed by atoms with Gasteiger partial charge in [-0.2, -0.15) is 0 Å². The van der Waals surface area contributed by atoms with Crippen molar-refractivity contribution in [2.24, 2.45) is 5.92 Å². The lowest BCUT2D eigenvalue weighted by Crippen LogP contribution is -2.32. The molecule has 2 aromatic heterocycles. The van der Waals surface area contributed by atoms with E-state index in [4.69, 9.17) is 16.1 Å². The average molecular weight is 353 g/mol. The maximum absolute atomic E-state index is 12.4. The lowest BCUT2D eigenvalue weighted by atomic mass is 9.96. The number of aromatic nitrogens is 1. The zero-order chi connectivity index (χ0) is 16.2. The number of halogens is 1. The largest absolute Gasteiger partial charge is 0.348 e. The summed E-state index contributed by atoms with van der Waals surface area (Å²) in [7, 11) is 0. The van der Waals surface area contributed by atoms with Gasteiger partial charge in [-0.25, -0.2) is 0 Å². The lowest BCUT2D eigenvalue weighted by molar-refractivity contribution is -0.122. The van der Waals surface area contributed by atoms with Crippen molar-refractivity contribution in [1.29, 1.82) is 0 Å². The predicted molar refractivity (Wildman–Crippen MR) is 91.7 cm³/mol. The molecule has 1 atom stereocenters. The zero-order valence-electron chi connectivity index (χ0n) is 13.2. The molecule has 23 heavy (non-hydrogen) atoms. The summed E-state index contributed by atoms with van der Waals surface area (Å²) >= 11 is 7.68. The molecular formula is C17H21ClN2O2S. The molecule has 1 aliphatic carbocycles. The maximum atomic E-state index is 12.4. The number of hydrogen-bond donors (Lipinski definition) is 1. The smallest absolute Gasteiger partial charge is 0.229 e.